The lowest BCUT2D eigenvalue weighted by Crippen LogP contribution is -2.25. The van der Waals surface area contributed by atoms with Crippen molar-refractivity contribution in [1.29, 1.82) is 0 Å². The molecule has 1 aliphatic heterocycles. The number of allylic oxidation sites excluding steroid dienone is 1. The average molecular weight is 381 g/mol. The molecular formula is C22H27N3O3. The SMILES string of the molecule is Cn1cc(C(=O)NCCC2=CCCCC2)c(-c2ccc3c(c2)OCCCO3)n1. The number of fused-ring (bicyclic) bond motifs is 1. The van der Waals surface area contributed by atoms with Crippen LogP contribution in [0.2, 0.25) is 0 Å². The number of rotatable bonds is 5. The predicted molar refractivity (Wildman–Crippen MR) is 108 cm³/mol. The van der Waals surface area contributed by atoms with Gasteiger partial charge in [-0.2, -0.15) is 5.10 Å². The minimum absolute atomic E-state index is 0.0911. The van der Waals surface area contributed by atoms with Crippen molar-refractivity contribution < 1.29 is 14.3 Å². The third kappa shape index (κ3) is 4.21. The van der Waals surface area contributed by atoms with Gasteiger partial charge in [0.1, 0.15) is 5.69 Å². The van der Waals surface area contributed by atoms with Crippen molar-refractivity contribution in [3.05, 3.63) is 41.6 Å². The molecule has 2 heterocycles. The van der Waals surface area contributed by atoms with Crippen LogP contribution in [-0.2, 0) is 7.05 Å². The molecular weight excluding hydrogens is 354 g/mol. The summed E-state index contributed by atoms with van der Waals surface area (Å²) in [5, 5.41) is 7.57. The Kier molecular flexibility index (Phi) is 5.65. The summed E-state index contributed by atoms with van der Waals surface area (Å²) in [6, 6.07) is 5.73. The van der Waals surface area contributed by atoms with E-state index in [1.54, 1.807) is 10.9 Å². The van der Waals surface area contributed by atoms with Crippen LogP contribution in [0.15, 0.2) is 36.0 Å². The van der Waals surface area contributed by atoms with Crippen LogP contribution in [-0.4, -0.2) is 35.4 Å². The molecule has 1 N–H and O–H groups in total. The number of amides is 1. The van der Waals surface area contributed by atoms with E-state index in [0.717, 1.165) is 30.6 Å². The maximum atomic E-state index is 12.8. The number of carbonyl (C=O) groups excluding carboxylic acids is 1. The number of carbonyl (C=O) groups is 1. The number of nitrogens with zero attached hydrogens (tertiary/aromatic N) is 2. The van der Waals surface area contributed by atoms with E-state index >= 15 is 0 Å². The zero-order chi connectivity index (χ0) is 19.3. The molecule has 2 aromatic rings. The van der Waals surface area contributed by atoms with Gasteiger partial charge in [0, 0.05) is 31.8 Å². The van der Waals surface area contributed by atoms with Crippen LogP contribution in [0.4, 0.5) is 0 Å². The fraction of sp³-hybridized carbons (Fsp3) is 0.455. The summed E-state index contributed by atoms with van der Waals surface area (Å²) < 4.78 is 13.2. The average Bonchev–Trinajstić information content (AvgIpc) is 2.95. The van der Waals surface area contributed by atoms with Crippen LogP contribution in [0.5, 0.6) is 11.5 Å². The highest BCUT2D eigenvalue weighted by Crippen LogP contribution is 2.34. The summed E-state index contributed by atoms with van der Waals surface area (Å²) in [6.07, 6.45) is 10.7. The molecule has 148 valence electrons. The molecule has 0 fully saturated rings. The summed E-state index contributed by atoms with van der Waals surface area (Å²) in [6.45, 7) is 1.93. The fourth-order valence-electron chi connectivity index (χ4n) is 3.74. The molecule has 0 spiro atoms. The molecule has 2 aliphatic rings. The normalized spacial score (nSPS) is 16.2. The summed E-state index contributed by atoms with van der Waals surface area (Å²) in [4.78, 5) is 12.8. The first kappa shape index (κ1) is 18.6. The molecule has 0 unspecified atom stereocenters. The number of ether oxygens (including phenoxy) is 2. The Labute approximate surface area is 165 Å². The van der Waals surface area contributed by atoms with Crippen molar-refractivity contribution >= 4 is 5.91 Å². The summed E-state index contributed by atoms with van der Waals surface area (Å²) in [5.41, 5.74) is 3.55. The van der Waals surface area contributed by atoms with Gasteiger partial charge in [-0.15, -0.1) is 0 Å². The maximum Gasteiger partial charge on any atom is 0.255 e. The number of nitrogens with one attached hydrogen (secondary N) is 1. The number of hydrogen-bond donors (Lipinski definition) is 1. The second-order valence-corrected chi connectivity index (χ2v) is 7.39. The van der Waals surface area contributed by atoms with Crippen molar-refractivity contribution in [3.63, 3.8) is 0 Å². The second kappa shape index (κ2) is 8.50. The monoisotopic (exact) mass is 381 g/mol. The minimum atomic E-state index is -0.0911. The quantitative estimate of drug-likeness (QED) is 0.799. The summed E-state index contributed by atoms with van der Waals surface area (Å²) in [5.74, 6) is 1.35. The van der Waals surface area contributed by atoms with Crippen LogP contribution in [0, 0.1) is 0 Å². The van der Waals surface area contributed by atoms with Gasteiger partial charge in [-0.1, -0.05) is 11.6 Å². The highest BCUT2D eigenvalue weighted by Gasteiger charge is 2.19. The molecule has 28 heavy (non-hydrogen) atoms. The summed E-state index contributed by atoms with van der Waals surface area (Å²) >= 11 is 0. The number of hydrogen-bond acceptors (Lipinski definition) is 4. The van der Waals surface area contributed by atoms with Gasteiger partial charge in [-0.3, -0.25) is 9.48 Å². The number of benzene rings is 1. The van der Waals surface area contributed by atoms with E-state index in [0.29, 0.717) is 36.8 Å². The van der Waals surface area contributed by atoms with E-state index < -0.39 is 0 Å². The Bertz CT molecular complexity index is 885. The zero-order valence-corrected chi connectivity index (χ0v) is 16.4. The Balaban J connectivity index is 1.49. The molecule has 0 saturated carbocycles. The molecule has 0 saturated heterocycles. The first-order chi connectivity index (χ1) is 13.7. The Hall–Kier alpha value is -2.76. The lowest BCUT2D eigenvalue weighted by atomic mass is 9.97. The molecule has 0 atom stereocenters. The zero-order valence-electron chi connectivity index (χ0n) is 16.4. The molecule has 6 heteroatoms. The van der Waals surface area contributed by atoms with Crippen molar-refractivity contribution in [2.75, 3.05) is 19.8 Å². The molecule has 0 bridgehead atoms. The van der Waals surface area contributed by atoms with E-state index in [1.165, 1.54) is 24.8 Å². The van der Waals surface area contributed by atoms with Crippen molar-refractivity contribution in [2.24, 2.45) is 7.05 Å². The van der Waals surface area contributed by atoms with E-state index in [-0.39, 0.29) is 5.91 Å². The third-order valence-electron chi connectivity index (χ3n) is 5.21. The van der Waals surface area contributed by atoms with Crippen LogP contribution in [0.1, 0.15) is 48.9 Å². The third-order valence-corrected chi connectivity index (χ3v) is 5.21. The fourth-order valence-corrected chi connectivity index (χ4v) is 3.74. The predicted octanol–water partition coefficient (Wildman–Crippen LogP) is 3.87. The van der Waals surface area contributed by atoms with Gasteiger partial charge in [0.05, 0.1) is 18.8 Å². The first-order valence-electron chi connectivity index (χ1n) is 10.1. The Morgan fingerprint density at radius 1 is 1.18 bits per heavy atom. The lowest BCUT2D eigenvalue weighted by Gasteiger charge is -2.13. The van der Waals surface area contributed by atoms with Crippen molar-refractivity contribution in [2.45, 2.75) is 38.5 Å². The van der Waals surface area contributed by atoms with E-state index in [4.69, 9.17) is 9.47 Å². The minimum Gasteiger partial charge on any atom is -0.490 e. The van der Waals surface area contributed by atoms with Gasteiger partial charge in [-0.25, -0.2) is 0 Å². The van der Waals surface area contributed by atoms with Crippen molar-refractivity contribution in [3.8, 4) is 22.8 Å². The molecule has 1 aromatic heterocycles. The van der Waals surface area contributed by atoms with Gasteiger partial charge in [0.2, 0.25) is 0 Å². The molecule has 1 aliphatic carbocycles. The standard InChI is InChI=1S/C22H27N3O3/c1-25-15-18(22(26)23-11-10-16-6-3-2-4-7-16)21(24-25)17-8-9-19-20(14-17)28-13-5-12-27-19/h6,8-9,14-15H,2-5,7,10-13H2,1H3,(H,23,26). The molecule has 1 aromatic carbocycles. The molecule has 1 amide bonds. The topological polar surface area (TPSA) is 65.4 Å². The molecule has 4 rings (SSSR count). The molecule has 6 nitrogen and oxygen atoms in total. The van der Waals surface area contributed by atoms with E-state index in [2.05, 4.69) is 16.5 Å². The Morgan fingerprint density at radius 3 is 2.86 bits per heavy atom. The van der Waals surface area contributed by atoms with Gasteiger partial charge in [-0.05, 0) is 50.3 Å². The van der Waals surface area contributed by atoms with Gasteiger partial charge >= 0.3 is 0 Å². The largest absolute Gasteiger partial charge is 0.490 e. The summed E-state index contributed by atoms with van der Waals surface area (Å²) in [7, 11) is 1.83. The molecule has 0 radical (unpaired) electrons. The van der Waals surface area contributed by atoms with Gasteiger partial charge in [0.15, 0.2) is 11.5 Å². The van der Waals surface area contributed by atoms with Crippen LogP contribution in [0.3, 0.4) is 0 Å². The van der Waals surface area contributed by atoms with Gasteiger partial charge in [0.25, 0.3) is 5.91 Å². The number of aryl methyl sites for hydroxylation is 1. The maximum absolute atomic E-state index is 12.8. The van der Waals surface area contributed by atoms with E-state index in [1.807, 2.05) is 25.2 Å². The highest BCUT2D eigenvalue weighted by atomic mass is 16.5. The van der Waals surface area contributed by atoms with E-state index in [9.17, 15) is 4.79 Å². The smallest absolute Gasteiger partial charge is 0.255 e. The van der Waals surface area contributed by atoms with Crippen LogP contribution in [0.25, 0.3) is 11.3 Å². The van der Waals surface area contributed by atoms with Crippen molar-refractivity contribution in [1.82, 2.24) is 15.1 Å². The second-order valence-electron chi connectivity index (χ2n) is 7.39. The van der Waals surface area contributed by atoms with Gasteiger partial charge < -0.3 is 14.8 Å². The first-order valence-corrected chi connectivity index (χ1v) is 10.1. The Morgan fingerprint density at radius 2 is 2.04 bits per heavy atom. The number of aromatic nitrogens is 2. The van der Waals surface area contributed by atoms with Crippen LogP contribution >= 0.6 is 0 Å². The van der Waals surface area contributed by atoms with Crippen LogP contribution < -0.4 is 14.8 Å². The highest BCUT2D eigenvalue weighted by molar-refractivity contribution is 5.99. The lowest BCUT2D eigenvalue weighted by molar-refractivity contribution is 0.0954.